The van der Waals surface area contributed by atoms with E-state index in [0.717, 1.165) is 37.3 Å². The second-order valence-electron chi connectivity index (χ2n) is 7.97. The number of aliphatic imine (C=N–C) groups is 1. The van der Waals surface area contributed by atoms with Gasteiger partial charge in [0.2, 0.25) is 0 Å². The normalized spacial score (nSPS) is 20.8. The van der Waals surface area contributed by atoms with Crippen LogP contribution in [0.3, 0.4) is 0 Å². The van der Waals surface area contributed by atoms with Gasteiger partial charge in [0.15, 0.2) is 5.96 Å². The molecule has 1 aromatic heterocycles. The van der Waals surface area contributed by atoms with E-state index in [1.807, 2.05) is 13.2 Å². The molecule has 1 atom stereocenters. The zero-order chi connectivity index (χ0) is 19.2. The van der Waals surface area contributed by atoms with E-state index >= 15 is 0 Å². The van der Waals surface area contributed by atoms with E-state index < -0.39 is 0 Å². The second kappa shape index (κ2) is 9.24. The average Bonchev–Trinajstić information content (AvgIpc) is 3.47. The summed E-state index contributed by atoms with van der Waals surface area (Å²) >= 11 is 0. The molecule has 2 saturated heterocycles. The number of benzene rings is 1. The predicted octanol–water partition coefficient (Wildman–Crippen LogP) is 2.42. The first-order valence-electron chi connectivity index (χ1n) is 10.5. The highest BCUT2D eigenvalue weighted by molar-refractivity contribution is 5.80. The van der Waals surface area contributed by atoms with Gasteiger partial charge < -0.3 is 19.7 Å². The molecule has 2 aliphatic heterocycles. The number of imidazole rings is 1. The summed E-state index contributed by atoms with van der Waals surface area (Å²) in [6.07, 6.45) is 7.93. The van der Waals surface area contributed by atoms with Gasteiger partial charge in [-0.05, 0) is 43.8 Å². The van der Waals surface area contributed by atoms with Crippen LogP contribution in [-0.4, -0.2) is 65.1 Å². The molecular formula is C22H32N6. The molecule has 1 N–H and O–H groups in total. The third-order valence-electron chi connectivity index (χ3n) is 5.91. The maximum Gasteiger partial charge on any atom is 0.194 e. The van der Waals surface area contributed by atoms with Gasteiger partial charge >= 0.3 is 0 Å². The van der Waals surface area contributed by atoms with Crippen LogP contribution in [0.1, 0.15) is 30.7 Å². The third-order valence-corrected chi connectivity index (χ3v) is 5.91. The van der Waals surface area contributed by atoms with E-state index in [4.69, 9.17) is 0 Å². The first-order chi connectivity index (χ1) is 13.8. The molecule has 150 valence electrons. The standard InChI is InChI=1S/C22H32N6/c1-23-22(28-13-9-20(18-28)16-26-11-5-6-12-26)25-15-21-24-10-14-27(21)17-19-7-3-2-4-8-19/h2-4,7-8,10,14,20H,5-6,9,11-13,15-18H2,1H3,(H,23,25). The van der Waals surface area contributed by atoms with E-state index in [1.54, 1.807) is 0 Å². The van der Waals surface area contributed by atoms with Crippen LogP contribution in [0.2, 0.25) is 0 Å². The first-order valence-corrected chi connectivity index (χ1v) is 10.5. The zero-order valence-corrected chi connectivity index (χ0v) is 16.9. The Kier molecular flexibility index (Phi) is 6.27. The number of likely N-dealkylation sites (tertiary alicyclic amines) is 2. The molecule has 6 heteroatoms. The molecule has 0 saturated carbocycles. The Bertz CT molecular complexity index is 762. The monoisotopic (exact) mass is 380 g/mol. The third kappa shape index (κ3) is 4.73. The van der Waals surface area contributed by atoms with Crippen molar-refractivity contribution >= 4 is 5.96 Å². The second-order valence-corrected chi connectivity index (χ2v) is 7.97. The Hall–Kier alpha value is -2.34. The van der Waals surface area contributed by atoms with E-state index in [1.165, 1.54) is 44.5 Å². The summed E-state index contributed by atoms with van der Waals surface area (Å²) in [7, 11) is 1.88. The number of rotatable bonds is 6. The Balaban J connectivity index is 1.30. The van der Waals surface area contributed by atoms with Crippen LogP contribution in [0.15, 0.2) is 47.7 Å². The number of hydrogen-bond acceptors (Lipinski definition) is 3. The van der Waals surface area contributed by atoms with Crippen molar-refractivity contribution < 1.29 is 0 Å². The van der Waals surface area contributed by atoms with E-state index in [0.29, 0.717) is 6.54 Å². The summed E-state index contributed by atoms with van der Waals surface area (Å²) in [6.45, 7) is 7.55. The van der Waals surface area contributed by atoms with Crippen molar-refractivity contribution in [1.29, 1.82) is 0 Å². The van der Waals surface area contributed by atoms with Crippen molar-refractivity contribution in [2.24, 2.45) is 10.9 Å². The fourth-order valence-electron chi connectivity index (χ4n) is 4.43. The lowest BCUT2D eigenvalue weighted by Gasteiger charge is -2.23. The Morgan fingerprint density at radius 2 is 2.00 bits per heavy atom. The van der Waals surface area contributed by atoms with Crippen LogP contribution in [0.5, 0.6) is 0 Å². The fourth-order valence-corrected chi connectivity index (χ4v) is 4.43. The van der Waals surface area contributed by atoms with Gasteiger partial charge in [-0.1, -0.05) is 30.3 Å². The first kappa shape index (κ1) is 19.0. The SMILES string of the molecule is CN=C(NCc1nccn1Cc1ccccc1)N1CCC(CN2CCCC2)C1. The topological polar surface area (TPSA) is 48.7 Å². The molecule has 0 radical (unpaired) electrons. The Morgan fingerprint density at radius 1 is 1.18 bits per heavy atom. The van der Waals surface area contributed by atoms with E-state index in [2.05, 4.69) is 66.2 Å². The summed E-state index contributed by atoms with van der Waals surface area (Å²) in [4.78, 5) is 14.1. The van der Waals surface area contributed by atoms with Crippen LogP contribution in [-0.2, 0) is 13.1 Å². The highest BCUT2D eigenvalue weighted by Crippen LogP contribution is 2.20. The molecule has 0 amide bonds. The average molecular weight is 381 g/mol. The van der Waals surface area contributed by atoms with Gasteiger partial charge in [-0.15, -0.1) is 0 Å². The van der Waals surface area contributed by atoms with Crippen LogP contribution in [0, 0.1) is 5.92 Å². The van der Waals surface area contributed by atoms with Crippen LogP contribution in [0.25, 0.3) is 0 Å². The van der Waals surface area contributed by atoms with Crippen molar-refractivity contribution in [3.8, 4) is 0 Å². The van der Waals surface area contributed by atoms with Crippen molar-refractivity contribution in [2.45, 2.75) is 32.4 Å². The zero-order valence-electron chi connectivity index (χ0n) is 16.9. The number of nitrogens with zero attached hydrogens (tertiary/aromatic N) is 5. The minimum Gasteiger partial charge on any atom is -0.349 e. The number of hydrogen-bond donors (Lipinski definition) is 1. The molecule has 0 aliphatic carbocycles. The minimum atomic E-state index is 0.694. The molecule has 0 bridgehead atoms. The Morgan fingerprint density at radius 3 is 2.79 bits per heavy atom. The molecule has 1 aromatic carbocycles. The molecule has 4 rings (SSSR count). The maximum absolute atomic E-state index is 4.55. The molecule has 2 aliphatic rings. The van der Waals surface area contributed by atoms with Crippen LogP contribution < -0.4 is 5.32 Å². The van der Waals surface area contributed by atoms with Gasteiger partial charge in [0, 0.05) is 45.6 Å². The lowest BCUT2D eigenvalue weighted by Crippen LogP contribution is -2.40. The number of nitrogens with one attached hydrogen (secondary N) is 1. The van der Waals surface area contributed by atoms with Gasteiger partial charge in [0.1, 0.15) is 5.82 Å². The lowest BCUT2D eigenvalue weighted by atomic mass is 10.1. The van der Waals surface area contributed by atoms with Gasteiger partial charge in [-0.2, -0.15) is 0 Å². The molecular weight excluding hydrogens is 348 g/mol. The smallest absolute Gasteiger partial charge is 0.194 e. The molecule has 2 aromatic rings. The largest absolute Gasteiger partial charge is 0.349 e. The molecule has 6 nitrogen and oxygen atoms in total. The van der Waals surface area contributed by atoms with Crippen molar-refractivity contribution in [3.63, 3.8) is 0 Å². The lowest BCUT2D eigenvalue weighted by molar-refractivity contribution is 0.281. The summed E-state index contributed by atoms with van der Waals surface area (Å²) in [5, 5.41) is 3.53. The molecule has 2 fully saturated rings. The number of guanidine groups is 1. The van der Waals surface area contributed by atoms with Gasteiger partial charge in [0.25, 0.3) is 0 Å². The van der Waals surface area contributed by atoms with Gasteiger partial charge in [0.05, 0.1) is 6.54 Å². The minimum absolute atomic E-state index is 0.694. The molecule has 3 heterocycles. The van der Waals surface area contributed by atoms with Gasteiger partial charge in [-0.25, -0.2) is 4.98 Å². The molecule has 28 heavy (non-hydrogen) atoms. The van der Waals surface area contributed by atoms with Crippen LogP contribution in [0.4, 0.5) is 0 Å². The molecule has 1 unspecified atom stereocenters. The highest BCUT2D eigenvalue weighted by atomic mass is 15.3. The maximum atomic E-state index is 4.55. The van der Waals surface area contributed by atoms with E-state index in [-0.39, 0.29) is 0 Å². The fraction of sp³-hybridized carbons (Fsp3) is 0.545. The van der Waals surface area contributed by atoms with Crippen molar-refractivity contribution in [1.82, 2.24) is 24.7 Å². The van der Waals surface area contributed by atoms with Gasteiger partial charge in [-0.3, -0.25) is 4.99 Å². The summed E-state index contributed by atoms with van der Waals surface area (Å²) in [5.41, 5.74) is 1.29. The van der Waals surface area contributed by atoms with Crippen molar-refractivity contribution in [3.05, 3.63) is 54.1 Å². The summed E-state index contributed by atoms with van der Waals surface area (Å²) in [6, 6.07) is 10.5. The highest BCUT2D eigenvalue weighted by Gasteiger charge is 2.27. The van der Waals surface area contributed by atoms with E-state index in [9.17, 15) is 0 Å². The van der Waals surface area contributed by atoms with Crippen LogP contribution >= 0.6 is 0 Å². The summed E-state index contributed by atoms with van der Waals surface area (Å²) < 4.78 is 2.20. The van der Waals surface area contributed by atoms with Crippen molar-refractivity contribution in [2.75, 3.05) is 39.8 Å². The Labute approximate surface area is 168 Å². The predicted molar refractivity (Wildman–Crippen MR) is 113 cm³/mol. The quantitative estimate of drug-likeness (QED) is 0.618. The molecule has 0 spiro atoms. The summed E-state index contributed by atoms with van der Waals surface area (Å²) in [5.74, 6) is 2.80. The number of aromatic nitrogens is 2.